The third-order valence-electron chi connectivity index (χ3n) is 3.49. The van der Waals surface area contributed by atoms with Gasteiger partial charge in [-0.25, -0.2) is 4.79 Å². The SMILES string of the molecule is CCOC(C)(C)CNC(=O)N1CC(C(C)C(=O)O)C1. The number of rotatable bonds is 6. The van der Waals surface area contributed by atoms with Gasteiger partial charge in [0.25, 0.3) is 0 Å². The standard InChI is InChI=1S/C13H24N2O4/c1-5-19-13(3,4)8-14-12(18)15-6-10(7-15)9(2)11(16)17/h9-10H,5-8H2,1-4H3,(H,14,18)(H,16,17). The van der Waals surface area contributed by atoms with E-state index in [4.69, 9.17) is 9.84 Å². The van der Waals surface area contributed by atoms with Crippen LogP contribution in [-0.2, 0) is 9.53 Å². The maximum atomic E-state index is 11.8. The molecule has 0 saturated carbocycles. The molecule has 1 aliphatic heterocycles. The van der Waals surface area contributed by atoms with Gasteiger partial charge in [-0.05, 0) is 20.8 Å². The molecule has 0 aromatic carbocycles. The molecule has 1 atom stereocenters. The highest BCUT2D eigenvalue weighted by Crippen LogP contribution is 2.24. The summed E-state index contributed by atoms with van der Waals surface area (Å²) in [6, 6.07) is -0.151. The lowest BCUT2D eigenvalue weighted by atomic mass is 9.87. The number of carbonyl (C=O) groups is 2. The van der Waals surface area contributed by atoms with E-state index in [0.29, 0.717) is 26.2 Å². The lowest BCUT2D eigenvalue weighted by Gasteiger charge is -2.41. The highest BCUT2D eigenvalue weighted by Gasteiger charge is 2.37. The van der Waals surface area contributed by atoms with Crippen LogP contribution >= 0.6 is 0 Å². The summed E-state index contributed by atoms with van der Waals surface area (Å²) in [6.07, 6.45) is 0. The molecule has 19 heavy (non-hydrogen) atoms. The minimum atomic E-state index is -0.803. The monoisotopic (exact) mass is 272 g/mol. The fraction of sp³-hybridized carbons (Fsp3) is 0.846. The number of nitrogens with zero attached hydrogens (tertiary/aromatic N) is 1. The highest BCUT2D eigenvalue weighted by atomic mass is 16.5. The van der Waals surface area contributed by atoms with Gasteiger partial charge in [-0.3, -0.25) is 4.79 Å². The summed E-state index contributed by atoms with van der Waals surface area (Å²) in [5.41, 5.74) is -0.386. The predicted molar refractivity (Wildman–Crippen MR) is 71.0 cm³/mol. The van der Waals surface area contributed by atoms with Gasteiger partial charge in [0.2, 0.25) is 0 Å². The van der Waals surface area contributed by atoms with Crippen LogP contribution in [0.2, 0.25) is 0 Å². The number of carboxylic acid groups (broad SMARTS) is 1. The lowest BCUT2D eigenvalue weighted by Crippen LogP contribution is -2.57. The number of carboxylic acids is 1. The Morgan fingerprint density at radius 2 is 2.05 bits per heavy atom. The zero-order chi connectivity index (χ0) is 14.6. The Hall–Kier alpha value is -1.30. The van der Waals surface area contributed by atoms with Gasteiger partial charge in [-0.15, -0.1) is 0 Å². The van der Waals surface area contributed by atoms with Gasteiger partial charge >= 0.3 is 12.0 Å². The summed E-state index contributed by atoms with van der Waals surface area (Å²) in [5.74, 6) is -1.14. The summed E-state index contributed by atoms with van der Waals surface area (Å²) >= 11 is 0. The Labute approximate surface area is 114 Å². The number of carbonyl (C=O) groups excluding carboxylic acids is 1. The second-order valence-electron chi connectivity index (χ2n) is 5.64. The van der Waals surface area contributed by atoms with Crippen molar-refractivity contribution in [2.24, 2.45) is 11.8 Å². The Morgan fingerprint density at radius 1 is 1.47 bits per heavy atom. The number of ether oxygens (including phenoxy) is 1. The number of nitrogens with one attached hydrogen (secondary N) is 1. The van der Waals surface area contributed by atoms with Crippen molar-refractivity contribution in [1.29, 1.82) is 0 Å². The van der Waals surface area contributed by atoms with Crippen molar-refractivity contribution in [2.75, 3.05) is 26.2 Å². The molecule has 6 nitrogen and oxygen atoms in total. The minimum Gasteiger partial charge on any atom is -0.481 e. The number of hydrogen-bond acceptors (Lipinski definition) is 3. The molecular formula is C13H24N2O4. The van der Waals surface area contributed by atoms with Gasteiger partial charge < -0.3 is 20.1 Å². The quantitative estimate of drug-likeness (QED) is 0.760. The fourth-order valence-corrected chi connectivity index (χ4v) is 2.04. The summed E-state index contributed by atoms with van der Waals surface area (Å²) < 4.78 is 5.49. The van der Waals surface area contributed by atoms with Gasteiger partial charge in [0, 0.05) is 32.2 Å². The van der Waals surface area contributed by atoms with Crippen LogP contribution in [0.15, 0.2) is 0 Å². The molecule has 6 heteroatoms. The van der Waals surface area contributed by atoms with Crippen molar-refractivity contribution in [3.05, 3.63) is 0 Å². The number of urea groups is 1. The number of hydrogen-bond donors (Lipinski definition) is 2. The van der Waals surface area contributed by atoms with Gasteiger partial charge in [-0.2, -0.15) is 0 Å². The van der Waals surface area contributed by atoms with Crippen LogP contribution in [0.25, 0.3) is 0 Å². The molecule has 1 heterocycles. The topological polar surface area (TPSA) is 78.9 Å². The second-order valence-corrected chi connectivity index (χ2v) is 5.64. The smallest absolute Gasteiger partial charge is 0.317 e. The van der Waals surface area contributed by atoms with E-state index in [1.54, 1.807) is 11.8 Å². The first-order valence-corrected chi connectivity index (χ1v) is 6.66. The molecule has 2 N–H and O–H groups in total. The maximum Gasteiger partial charge on any atom is 0.317 e. The van der Waals surface area contributed by atoms with E-state index in [9.17, 15) is 9.59 Å². The average molecular weight is 272 g/mol. The van der Waals surface area contributed by atoms with E-state index in [-0.39, 0.29) is 17.6 Å². The van der Waals surface area contributed by atoms with Crippen LogP contribution in [-0.4, -0.2) is 53.8 Å². The molecule has 1 unspecified atom stereocenters. The van der Waals surface area contributed by atoms with Crippen molar-refractivity contribution < 1.29 is 19.4 Å². The lowest BCUT2D eigenvalue weighted by molar-refractivity contribution is -0.144. The van der Waals surface area contributed by atoms with Crippen molar-refractivity contribution >= 4 is 12.0 Å². The van der Waals surface area contributed by atoms with Gasteiger partial charge in [-0.1, -0.05) is 6.92 Å². The summed E-state index contributed by atoms with van der Waals surface area (Å²) in [6.45, 7) is 9.49. The van der Waals surface area contributed by atoms with Gasteiger partial charge in [0.05, 0.1) is 11.5 Å². The first-order valence-electron chi connectivity index (χ1n) is 6.66. The Balaban J connectivity index is 2.29. The molecule has 2 amide bonds. The zero-order valence-electron chi connectivity index (χ0n) is 12.1. The summed E-state index contributed by atoms with van der Waals surface area (Å²) in [4.78, 5) is 24.3. The average Bonchev–Trinajstić information content (AvgIpc) is 2.24. The first kappa shape index (κ1) is 15.8. The van der Waals surface area contributed by atoms with Crippen LogP contribution < -0.4 is 5.32 Å². The molecule has 0 aromatic heterocycles. The summed E-state index contributed by atoms with van der Waals surface area (Å²) in [7, 11) is 0. The van der Waals surface area contributed by atoms with Crippen LogP contribution in [0.4, 0.5) is 4.79 Å². The van der Waals surface area contributed by atoms with E-state index in [0.717, 1.165) is 0 Å². The van der Waals surface area contributed by atoms with Gasteiger partial charge in [0.15, 0.2) is 0 Å². The van der Waals surface area contributed by atoms with Crippen LogP contribution in [0.3, 0.4) is 0 Å². The Morgan fingerprint density at radius 3 is 2.53 bits per heavy atom. The molecule has 0 aromatic rings. The molecule has 0 spiro atoms. The zero-order valence-corrected chi connectivity index (χ0v) is 12.1. The fourth-order valence-electron chi connectivity index (χ4n) is 2.04. The Bertz CT molecular complexity index is 338. The third kappa shape index (κ3) is 4.38. The van der Waals surface area contributed by atoms with Crippen molar-refractivity contribution in [3.8, 4) is 0 Å². The van der Waals surface area contributed by atoms with E-state index in [1.807, 2.05) is 20.8 Å². The highest BCUT2D eigenvalue weighted by molar-refractivity contribution is 5.76. The second kappa shape index (κ2) is 6.23. The predicted octanol–water partition coefficient (Wildman–Crippen LogP) is 1.16. The molecule has 0 radical (unpaired) electrons. The van der Waals surface area contributed by atoms with E-state index in [1.165, 1.54) is 0 Å². The van der Waals surface area contributed by atoms with Crippen molar-refractivity contribution in [1.82, 2.24) is 10.2 Å². The van der Waals surface area contributed by atoms with Crippen molar-refractivity contribution in [2.45, 2.75) is 33.3 Å². The molecule has 110 valence electrons. The molecule has 0 bridgehead atoms. The molecule has 1 aliphatic rings. The van der Waals surface area contributed by atoms with Crippen LogP contribution in [0.5, 0.6) is 0 Å². The van der Waals surface area contributed by atoms with E-state index in [2.05, 4.69) is 5.32 Å². The largest absolute Gasteiger partial charge is 0.481 e. The third-order valence-corrected chi connectivity index (χ3v) is 3.49. The normalized spacial score (nSPS) is 17.8. The molecule has 1 rings (SSSR count). The van der Waals surface area contributed by atoms with Crippen LogP contribution in [0, 0.1) is 11.8 Å². The molecule has 0 aliphatic carbocycles. The molecular weight excluding hydrogens is 248 g/mol. The summed E-state index contributed by atoms with van der Waals surface area (Å²) in [5, 5.41) is 11.7. The number of likely N-dealkylation sites (tertiary alicyclic amines) is 1. The van der Waals surface area contributed by atoms with Gasteiger partial charge in [0.1, 0.15) is 0 Å². The van der Waals surface area contributed by atoms with Crippen LogP contribution in [0.1, 0.15) is 27.7 Å². The van der Waals surface area contributed by atoms with E-state index >= 15 is 0 Å². The van der Waals surface area contributed by atoms with Crippen molar-refractivity contribution in [3.63, 3.8) is 0 Å². The number of aliphatic carboxylic acids is 1. The maximum absolute atomic E-state index is 11.8. The Kier molecular flexibility index (Phi) is 5.17. The molecule has 1 fully saturated rings. The van der Waals surface area contributed by atoms with E-state index < -0.39 is 11.9 Å². The first-order chi connectivity index (χ1) is 8.76. The molecule has 1 saturated heterocycles. The minimum absolute atomic E-state index is 0.0585. The number of amides is 2.